The first-order valence-electron chi connectivity index (χ1n) is 9.59. The van der Waals surface area contributed by atoms with E-state index in [0.717, 1.165) is 11.1 Å². The largest absolute Gasteiger partial charge is 0.431 e. The van der Waals surface area contributed by atoms with Gasteiger partial charge in [0.15, 0.2) is 5.75 Å². The SMILES string of the molecule is CC(=O)Nc1ccc(Nc2ncnc(Oc3cccc4ccc(C)nc34)c2[N+](=O)[O-])cc1. The lowest BCUT2D eigenvalue weighted by Gasteiger charge is -2.11. The van der Waals surface area contributed by atoms with Crippen molar-refractivity contribution in [3.63, 3.8) is 0 Å². The molecular weight excluding hydrogens is 412 g/mol. The molecule has 10 heteroatoms. The molecule has 160 valence electrons. The van der Waals surface area contributed by atoms with Crippen molar-refractivity contribution in [2.75, 3.05) is 10.6 Å². The van der Waals surface area contributed by atoms with Crippen LogP contribution in [0.3, 0.4) is 0 Å². The van der Waals surface area contributed by atoms with Crippen LogP contribution in [0.4, 0.5) is 22.9 Å². The van der Waals surface area contributed by atoms with E-state index in [2.05, 4.69) is 25.6 Å². The van der Waals surface area contributed by atoms with Gasteiger partial charge in [-0.3, -0.25) is 14.9 Å². The van der Waals surface area contributed by atoms with Crippen molar-refractivity contribution in [3.05, 3.63) is 76.7 Å². The van der Waals surface area contributed by atoms with E-state index in [0.29, 0.717) is 22.6 Å². The fourth-order valence-corrected chi connectivity index (χ4v) is 3.07. The molecule has 0 unspecified atom stereocenters. The highest BCUT2D eigenvalue weighted by Gasteiger charge is 2.26. The fraction of sp³-hybridized carbons (Fsp3) is 0.0909. The highest BCUT2D eigenvalue weighted by Crippen LogP contribution is 2.37. The third kappa shape index (κ3) is 4.43. The Morgan fingerprint density at radius 2 is 1.78 bits per heavy atom. The number of nitrogens with one attached hydrogen (secondary N) is 2. The number of carbonyl (C=O) groups is 1. The molecule has 0 saturated carbocycles. The van der Waals surface area contributed by atoms with Crippen LogP contribution in [0.5, 0.6) is 11.6 Å². The molecule has 2 aromatic heterocycles. The maximum Gasteiger partial charge on any atom is 0.373 e. The summed E-state index contributed by atoms with van der Waals surface area (Å²) >= 11 is 0. The maximum absolute atomic E-state index is 11.9. The van der Waals surface area contributed by atoms with Crippen molar-refractivity contribution in [2.45, 2.75) is 13.8 Å². The third-order valence-electron chi connectivity index (χ3n) is 4.47. The highest BCUT2D eigenvalue weighted by molar-refractivity contribution is 5.89. The van der Waals surface area contributed by atoms with Crippen LogP contribution in [-0.2, 0) is 4.79 Å². The van der Waals surface area contributed by atoms with Gasteiger partial charge in [-0.05, 0) is 43.3 Å². The number of fused-ring (bicyclic) bond motifs is 1. The molecule has 0 bridgehead atoms. The van der Waals surface area contributed by atoms with E-state index in [1.54, 1.807) is 36.4 Å². The molecule has 32 heavy (non-hydrogen) atoms. The number of anilines is 3. The van der Waals surface area contributed by atoms with E-state index >= 15 is 0 Å². The number of carbonyl (C=O) groups excluding carboxylic acids is 1. The average molecular weight is 430 g/mol. The minimum absolute atomic E-state index is 0.0309. The van der Waals surface area contributed by atoms with Crippen LogP contribution >= 0.6 is 0 Å². The molecule has 10 nitrogen and oxygen atoms in total. The molecule has 0 spiro atoms. The number of nitrogens with zero attached hydrogens (tertiary/aromatic N) is 4. The van der Waals surface area contributed by atoms with Gasteiger partial charge >= 0.3 is 11.6 Å². The summed E-state index contributed by atoms with van der Waals surface area (Å²) in [5, 5.41) is 18.3. The molecule has 4 rings (SSSR count). The van der Waals surface area contributed by atoms with Crippen LogP contribution in [0.1, 0.15) is 12.6 Å². The Bertz CT molecular complexity index is 1320. The van der Waals surface area contributed by atoms with Crippen LogP contribution in [0.25, 0.3) is 10.9 Å². The molecule has 0 fully saturated rings. The number of pyridine rings is 1. The van der Waals surface area contributed by atoms with Gasteiger partial charge in [-0.25, -0.2) is 9.97 Å². The molecule has 1 amide bonds. The van der Waals surface area contributed by atoms with E-state index in [1.165, 1.54) is 13.3 Å². The Kier molecular flexibility index (Phi) is 5.58. The molecule has 2 N–H and O–H groups in total. The lowest BCUT2D eigenvalue weighted by Crippen LogP contribution is -2.06. The molecule has 0 aliphatic heterocycles. The number of rotatable bonds is 6. The van der Waals surface area contributed by atoms with Gasteiger partial charge in [0, 0.05) is 29.4 Å². The highest BCUT2D eigenvalue weighted by atomic mass is 16.6. The van der Waals surface area contributed by atoms with E-state index in [-0.39, 0.29) is 17.6 Å². The summed E-state index contributed by atoms with van der Waals surface area (Å²) in [5.74, 6) is -0.0921. The lowest BCUT2D eigenvalue weighted by atomic mass is 10.2. The first-order chi connectivity index (χ1) is 15.4. The van der Waals surface area contributed by atoms with Gasteiger partial charge in [-0.15, -0.1) is 0 Å². The third-order valence-corrected chi connectivity index (χ3v) is 4.47. The van der Waals surface area contributed by atoms with Gasteiger partial charge < -0.3 is 15.4 Å². The molecule has 4 aromatic rings. The molecular formula is C22H18N6O4. The predicted molar refractivity (Wildman–Crippen MR) is 119 cm³/mol. The summed E-state index contributed by atoms with van der Waals surface area (Å²) < 4.78 is 5.84. The second-order valence-electron chi connectivity index (χ2n) is 6.90. The second-order valence-corrected chi connectivity index (χ2v) is 6.90. The first-order valence-corrected chi connectivity index (χ1v) is 9.59. The monoisotopic (exact) mass is 430 g/mol. The van der Waals surface area contributed by atoms with E-state index in [4.69, 9.17) is 4.74 Å². The number of ether oxygens (including phenoxy) is 1. The van der Waals surface area contributed by atoms with Crippen molar-refractivity contribution >= 4 is 39.7 Å². The summed E-state index contributed by atoms with van der Waals surface area (Å²) in [6, 6.07) is 15.8. The number of benzene rings is 2. The summed E-state index contributed by atoms with van der Waals surface area (Å²) in [6.07, 6.45) is 1.18. The zero-order chi connectivity index (χ0) is 22.7. The average Bonchev–Trinajstić information content (AvgIpc) is 2.75. The van der Waals surface area contributed by atoms with E-state index < -0.39 is 10.6 Å². The summed E-state index contributed by atoms with van der Waals surface area (Å²) in [4.78, 5) is 34.9. The number of amides is 1. The van der Waals surface area contributed by atoms with Crippen LogP contribution in [0.2, 0.25) is 0 Å². The maximum atomic E-state index is 11.9. The molecule has 0 radical (unpaired) electrons. The van der Waals surface area contributed by atoms with Gasteiger partial charge in [-0.1, -0.05) is 18.2 Å². The van der Waals surface area contributed by atoms with Gasteiger partial charge in [0.05, 0.1) is 4.92 Å². The van der Waals surface area contributed by atoms with Crippen molar-refractivity contribution in [3.8, 4) is 11.6 Å². The first kappa shape index (κ1) is 20.7. The number of hydrogen-bond acceptors (Lipinski definition) is 8. The molecule has 0 saturated heterocycles. The van der Waals surface area contributed by atoms with Crippen LogP contribution in [0.15, 0.2) is 60.9 Å². The number of aromatic nitrogens is 3. The Labute approximate surface area is 182 Å². The number of para-hydroxylation sites is 1. The number of aryl methyl sites for hydroxylation is 1. The molecule has 0 atom stereocenters. The van der Waals surface area contributed by atoms with Gasteiger partial charge in [-0.2, -0.15) is 4.98 Å². The molecule has 0 aliphatic rings. The van der Waals surface area contributed by atoms with E-state index in [1.807, 2.05) is 25.1 Å². The van der Waals surface area contributed by atoms with E-state index in [9.17, 15) is 14.9 Å². The summed E-state index contributed by atoms with van der Waals surface area (Å²) in [6.45, 7) is 3.26. The Balaban J connectivity index is 1.68. The van der Waals surface area contributed by atoms with Gasteiger partial charge in [0.1, 0.15) is 11.8 Å². The van der Waals surface area contributed by atoms with Crippen LogP contribution < -0.4 is 15.4 Å². The normalized spacial score (nSPS) is 10.6. The lowest BCUT2D eigenvalue weighted by molar-refractivity contribution is -0.385. The minimum atomic E-state index is -0.604. The zero-order valence-electron chi connectivity index (χ0n) is 17.2. The van der Waals surface area contributed by atoms with Gasteiger partial charge in [0.25, 0.3) is 0 Å². The molecule has 0 aliphatic carbocycles. The van der Waals surface area contributed by atoms with Gasteiger partial charge in [0.2, 0.25) is 11.7 Å². The summed E-state index contributed by atoms with van der Waals surface area (Å²) in [7, 11) is 0. The minimum Gasteiger partial charge on any atom is -0.431 e. The quantitative estimate of drug-likeness (QED) is 0.331. The van der Waals surface area contributed by atoms with Crippen molar-refractivity contribution in [2.24, 2.45) is 0 Å². The standard InChI is InChI=1S/C22H18N6O4/c1-13-6-7-15-4-3-5-18(19(15)25-13)32-22-20(28(30)31)21(23-12-24-22)27-17-10-8-16(9-11-17)26-14(2)29/h3-12H,1-2H3,(H,26,29)(H,23,24,27). The summed E-state index contributed by atoms with van der Waals surface area (Å²) in [5.41, 5.74) is 2.08. The Hall–Kier alpha value is -4.60. The molecule has 2 heterocycles. The number of nitro groups is 1. The smallest absolute Gasteiger partial charge is 0.373 e. The van der Waals surface area contributed by atoms with Crippen molar-refractivity contribution in [1.29, 1.82) is 0 Å². The second kappa shape index (κ2) is 8.64. The van der Waals surface area contributed by atoms with Crippen molar-refractivity contribution in [1.82, 2.24) is 15.0 Å². The van der Waals surface area contributed by atoms with Crippen LogP contribution in [0, 0.1) is 17.0 Å². The topological polar surface area (TPSA) is 132 Å². The van der Waals surface area contributed by atoms with Crippen molar-refractivity contribution < 1.29 is 14.5 Å². The Morgan fingerprint density at radius 3 is 2.50 bits per heavy atom. The van der Waals surface area contributed by atoms with Crippen LogP contribution in [-0.4, -0.2) is 25.8 Å². The fourth-order valence-electron chi connectivity index (χ4n) is 3.07. The Morgan fingerprint density at radius 1 is 1.03 bits per heavy atom. The predicted octanol–water partition coefficient (Wildman–Crippen LogP) is 4.74. The zero-order valence-corrected chi connectivity index (χ0v) is 17.2. The number of hydrogen-bond donors (Lipinski definition) is 2. The molecule has 2 aromatic carbocycles.